The number of ether oxygens (including phenoxy) is 1. The molecule has 0 radical (unpaired) electrons. The summed E-state index contributed by atoms with van der Waals surface area (Å²) in [6.07, 6.45) is 0.941. The summed E-state index contributed by atoms with van der Waals surface area (Å²) >= 11 is 0. The number of hydrogen-bond acceptors (Lipinski definition) is 6. The zero-order chi connectivity index (χ0) is 27.6. The number of primary amides is 1. The van der Waals surface area contributed by atoms with Crippen LogP contribution in [0.5, 0.6) is 5.75 Å². The van der Waals surface area contributed by atoms with Gasteiger partial charge in [0.15, 0.2) is 0 Å². The van der Waals surface area contributed by atoms with Gasteiger partial charge in [0.2, 0.25) is 17.7 Å². The molecule has 10 nitrogen and oxygen atoms in total. The molecule has 0 spiro atoms. The number of nitrogens with one attached hydrogen (secondary N) is 2. The Hall–Kier alpha value is -3.30. The number of hydrogen-bond donors (Lipinski definition) is 4. The SMILES string of the molecule is CCCCCN(C(=O)C(CC(N)=O)NC(=O)OC(C)(C)C)C(C(=O)NC(C)C)c1ccc(O)c(C)c1. The molecule has 5 N–H and O–H groups in total. The molecule has 36 heavy (non-hydrogen) atoms. The number of nitrogens with two attached hydrogens (primary N) is 1. The summed E-state index contributed by atoms with van der Waals surface area (Å²) in [6.45, 7) is 12.5. The van der Waals surface area contributed by atoms with E-state index in [1.165, 1.54) is 11.0 Å². The van der Waals surface area contributed by atoms with Gasteiger partial charge in [0.05, 0.1) is 6.42 Å². The molecule has 0 fully saturated rings. The molecule has 0 aromatic heterocycles. The number of phenols is 1. The van der Waals surface area contributed by atoms with Crippen molar-refractivity contribution in [3.05, 3.63) is 29.3 Å². The molecule has 202 valence electrons. The number of nitrogens with zero attached hydrogens (tertiary/aromatic N) is 1. The maximum absolute atomic E-state index is 13.8. The fourth-order valence-corrected chi connectivity index (χ4v) is 3.63. The summed E-state index contributed by atoms with van der Waals surface area (Å²) < 4.78 is 5.27. The molecular weight excluding hydrogens is 464 g/mol. The number of carbonyl (C=O) groups is 4. The van der Waals surface area contributed by atoms with E-state index in [9.17, 15) is 24.3 Å². The van der Waals surface area contributed by atoms with Crippen LogP contribution in [0.1, 0.15) is 84.4 Å². The van der Waals surface area contributed by atoms with Crippen LogP contribution < -0.4 is 16.4 Å². The first-order valence-corrected chi connectivity index (χ1v) is 12.3. The van der Waals surface area contributed by atoms with Gasteiger partial charge in [-0.15, -0.1) is 0 Å². The lowest BCUT2D eigenvalue weighted by Crippen LogP contribution is -2.54. The highest BCUT2D eigenvalue weighted by atomic mass is 16.6. The number of unbranched alkanes of at least 4 members (excludes halogenated alkanes) is 2. The second kappa shape index (κ2) is 13.7. The first-order chi connectivity index (χ1) is 16.7. The Labute approximate surface area is 213 Å². The van der Waals surface area contributed by atoms with Gasteiger partial charge in [0, 0.05) is 12.6 Å². The molecule has 0 aliphatic carbocycles. The fourth-order valence-electron chi connectivity index (χ4n) is 3.63. The molecule has 2 unspecified atom stereocenters. The van der Waals surface area contributed by atoms with E-state index in [0.29, 0.717) is 17.5 Å². The summed E-state index contributed by atoms with van der Waals surface area (Å²) in [4.78, 5) is 52.9. The molecule has 2 atom stereocenters. The highest BCUT2D eigenvalue weighted by Gasteiger charge is 2.37. The predicted octanol–water partition coefficient (Wildman–Crippen LogP) is 3.05. The van der Waals surface area contributed by atoms with Crippen molar-refractivity contribution in [3.63, 3.8) is 0 Å². The minimum Gasteiger partial charge on any atom is -0.508 e. The lowest BCUT2D eigenvalue weighted by molar-refractivity contribution is -0.143. The van der Waals surface area contributed by atoms with Crippen LogP contribution in [0.3, 0.4) is 0 Å². The van der Waals surface area contributed by atoms with Crippen LogP contribution in [0.4, 0.5) is 4.79 Å². The second-order valence-electron chi connectivity index (χ2n) is 10.2. The zero-order valence-electron chi connectivity index (χ0n) is 22.5. The Morgan fingerprint density at radius 3 is 2.25 bits per heavy atom. The van der Waals surface area contributed by atoms with E-state index in [1.54, 1.807) is 53.7 Å². The second-order valence-corrected chi connectivity index (χ2v) is 10.2. The van der Waals surface area contributed by atoms with Gasteiger partial charge in [-0.1, -0.05) is 25.8 Å². The van der Waals surface area contributed by atoms with Gasteiger partial charge < -0.3 is 31.1 Å². The van der Waals surface area contributed by atoms with Gasteiger partial charge in [-0.25, -0.2) is 4.79 Å². The maximum atomic E-state index is 13.8. The standard InChI is InChI=1S/C26H42N4O6/c1-8-9-10-13-30(24(34)19(15-21(27)32)29-25(35)36-26(5,6)7)22(23(33)28-16(2)3)18-11-12-20(31)17(4)14-18/h11-12,14,16,19,22,31H,8-10,13,15H2,1-7H3,(H2,27,32)(H,28,33)(H,29,35). The van der Waals surface area contributed by atoms with Crippen LogP contribution in [0.15, 0.2) is 18.2 Å². The van der Waals surface area contributed by atoms with Crippen molar-refractivity contribution >= 4 is 23.8 Å². The average Bonchev–Trinajstić information content (AvgIpc) is 2.72. The number of phenolic OH excluding ortho intramolecular Hbond substituents is 1. The number of carbonyl (C=O) groups excluding carboxylic acids is 4. The summed E-state index contributed by atoms with van der Waals surface area (Å²) in [6, 6.07) is 2.10. The molecule has 0 aliphatic rings. The van der Waals surface area contributed by atoms with Crippen molar-refractivity contribution in [2.24, 2.45) is 5.73 Å². The van der Waals surface area contributed by atoms with E-state index < -0.39 is 47.9 Å². The predicted molar refractivity (Wildman–Crippen MR) is 137 cm³/mol. The van der Waals surface area contributed by atoms with Crippen LogP contribution in [-0.2, 0) is 19.1 Å². The largest absolute Gasteiger partial charge is 0.508 e. The van der Waals surface area contributed by atoms with Crippen molar-refractivity contribution in [2.45, 2.75) is 97.9 Å². The first-order valence-electron chi connectivity index (χ1n) is 12.3. The number of alkyl carbamates (subject to hydrolysis) is 1. The minimum atomic E-state index is -1.33. The topological polar surface area (TPSA) is 151 Å². The molecule has 0 saturated carbocycles. The summed E-state index contributed by atoms with van der Waals surface area (Å²) in [5.41, 5.74) is 5.60. The van der Waals surface area contributed by atoms with Gasteiger partial charge in [-0.05, 0) is 71.2 Å². The molecule has 10 heteroatoms. The lowest BCUT2D eigenvalue weighted by atomic mass is 9.99. The van der Waals surface area contributed by atoms with Crippen molar-refractivity contribution in [1.29, 1.82) is 0 Å². The number of aromatic hydroxyl groups is 1. The van der Waals surface area contributed by atoms with E-state index in [0.717, 1.165) is 12.8 Å². The van der Waals surface area contributed by atoms with E-state index in [-0.39, 0.29) is 18.3 Å². The van der Waals surface area contributed by atoms with Crippen molar-refractivity contribution in [2.75, 3.05) is 6.54 Å². The number of benzene rings is 1. The normalized spacial score (nSPS) is 13.0. The molecular formula is C26H42N4O6. The van der Waals surface area contributed by atoms with Gasteiger partial charge in [0.1, 0.15) is 23.4 Å². The molecule has 1 aromatic carbocycles. The van der Waals surface area contributed by atoms with Crippen molar-refractivity contribution in [3.8, 4) is 5.75 Å². The smallest absolute Gasteiger partial charge is 0.408 e. The van der Waals surface area contributed by atoms with E-state index in [2.05, 4.69) is 10.6 Å². The van der Waals surface area contributed by atoms with Crippen molar-refractivity contribution < 1.29 is 29.0 Å². The highest BCUT2D eigenvalue weighted by molar-refractivity contribution is 5.94. The summed E-state index contributed by atoms with van der Waals surface area (Å²) in [7, 11) is 0. The number of amides is 4. The van der Waals surface area contributed by atoms with Crippen LogP contribution in [0, 0.1) is 6.92 Å². The molecule has 0 aliphatic heterocycles. The third-order valence-electron chi connectivity index (χ3n) is 5.21. The molecule has 0 saturated heterocycles. The van der Waals surface area contributed by atoms with Gasteiger partial charge in [0.25, 0.3) is 0 Å². The average molecular weight is 507 g/mol. The van der Waals surface area contributed by atoms with Crippen LogP contribution in [-0.4, -0.2) is 58.1 Å². The number of aryl methyl sites for hydroxylation is 1. The Kier molecular flexibility index (Phi) is 11.7. The third-order valence-corrected chi connectivity index (χ3v) is 5.21. The molecule has 1 rings (SSSR count). The molecule has 1 aromatic rings. The maximum Gasteiger partial charge on any atom is 0.408 e. The zero-order valence-corrected chi connectivity index (χ0v) is 22.5. The van der Waals surface area contributed by atoms with Crippen molar-refractivity contribution in [1.82, 2.24) is 15.5 Å². The Morgan fingerprint density at radius 1 is 1.11 bits per heavy atom. The Balaban J connectivity index is 3.53. The van der Waals surface area contributed by atoms with E-state index in [1.807, 2.05) is 6.92 Å². The van der Waals surface area contributed by atoms with Gasteiger partial charge >= 0.3 is 6.09 Å². The van der Waals surface area contributed by atoms with Gasteiger partial charge in [-0.3, -0.25) is 14.4 Å². The molecule has 0 heterocycles. The van der Waals surface area contributed by atoms with E-state index in [4.69, 9.17) is 10.5 Å². The van der Waals surface area contributed by atoms with Crippen LogP contribution >= 0.6 is 0 Å². The first kappa shape index (κ1) is 30.7. The monoisotopic (exact) mass is 506 g/mol. The van der Waals surface area contributed by atoms with Crippen LogP contribution in [0.25, 0.3) is 0 Å². The fraction of sp³-hybridized carbons (Fsp3) is 0.615. The van der Waals surface area contributed by atoms with E-state index >= 15 is 0 Å². The number of rotatable bonds is 12. The third kappa shape index (κ3) is 10.1. The Morgan fingerprint density at radius 2 is 1.75 bits per heavy atom. The lowest BCUT2D eigenvalue weighted by Gasteiger charge is -2.35. The Bertz CT molecular complexity index is 925. The van der Waals surface area contributed by atoms with Gasteiger partial charge in [-0.2, -0.15) is 0 Å². The highest BCUT2D eigenvalue weighted by Crippen LogP contribution is 2.28. The molecule has 4 amide bonds. The minimum absolute atomic E-state index is 0.0591. The van der Waals surface area contributed by atoms with Crippen LogP contribution in [0.2, 0.25) is 0 Å². The summed E-state index contributed by atoms with van der Waals surface area (Å²) in [5, 5.41) is 15.3. The quantitative estimate of drug-likeness (QED) is 0.320. The molecule has 0 bridgehead atoms. The summed E-state index contributed by atoms with van der Waals surface area (Å²) in [5.74, 6) is -1.79.